The van der Waals surface area contributed by atoms with Crippen LogP contribution in [0.5, 0.6) is 0 Å². The zero-order valence-corrected chi connectivity index (χ0v) is 16.0. The highest BCUT2D eigenvalue weighted by Gasteiger charge is 2.47. The Kier molecular flexibility index (Phi) is 5.99. The molecule has 3 rings (SSSR count). The van der Waals surface area contributed by atoms with Gasteiger partial charge in [0.05, 0.1) is 18.3 Å². The first kappa shape index (κ1) is 19.3. The molecule has 2 aliphatic rings. The Morgan fingerprint density at radius 2 is 1.88 bits per heavy atom. The van der Waals surface area contributed by atoms with Crippen molar-refractivity contribution in [3.63, 3.8) is 0 Å². The van der Waals surface area contributed by atoms with E-state index in [9.17, 15) is 13.2 Å². The molecule has 0 aromatic heterocycles. The zero-order chi connectivity index (χ0) is 18.7. The molecule has 0 spiro atoms. The van der Waals surface area contributed by atoms with E-state index in [0.717, 1.165) is 18.4 Å². The van der Waals surface area contributed by atoms with E-state index < -0.39 is 27.2 Å². The predicted molar refractivity (Wildman–Crippen MR) is 100.0 cm³/mol. The van der Waals surface area contributed by atoms with Gasteiger partial charge in [-0.2, -0.15) is 0 Å². The SMILES string of the molecule is COC(=O)C1CCCCC1S(=O)(=O)N1C[C@@H](CN)[C@H](c2ccccc2)C1. The van der Waals surface area contributed by atoms with Crippen molar-refractivity contribution < 1.29 is 17.9 Å². The molecule has 1 aliphatic carbocycles. The summed E-state index contributed by atoms with van der Waals surface area (Å²) in [5, 5.41) is -0.684. The number of sulfonamides is 1. The van der Waals surface area contributed by atoms with Crippen LogP contribution in [-0.2, 0) is 19.6 Å². The molecule has 1 aliphatic heterocycles. The molecule has 1 saturated carbocycles. The Morgan fingerprint density at radius 1 is 1.19 bits per heavy atom. The number of nitrogens with zero attached hydrogens (tertiary/aromatic N) is 1. The summed E-state index contributed by atoms with van der Waals surface area (Å²) in [6, 6.07) is 9.94. The van der Waals surface area contributed by atoms with Crippen LogP contribution in [0, 0.1) is 11.8 Å². The second-order valence-electron chi connectivity index (χ2n) is 7.33. The first-order chi connectivity index (χ1) is 12.5. The van der Waals surface area contributed by atoms with Gasteiger partial charge in [-0.05, 0) is 30.9 Å². The molecule has 1 aromatic rings. The number of hydrogen-bond acceptors (Lipinski definition) is 5. The van der Waals surface area contributed by atoms with Gasteiger partial charge >= 0.3 is 5.97 Å². The second kappa shape index (κ2) is 8.06. The van der Waals surface area contributed by atoms with E-state index in [1.807, 2.05) is 30.3 Å². The van der Waals surface area contributed by atoms with E-state index >= 15 is 0 Å². The van der Waals surface area contributed by atoms with Crippen molar-refractivity contribution in [2.75, 3.05) is 26.7 Å². The quantitative estimate of drug-likeness (QED) is 0.786. The number of methoxy groups -OCH3 is 1. The van der Waals surface area contributed by atoms with Crippen LogP contribution < -0.4 is 5.73 Å². The molecule has 0 radical (unpaired) electrons. The van der Waals surface area contributed by atoms with Crippen molar-refractivity contribution in [2.45, 2.75) is 36.9 Å². The summed E-state index contributed by atoms with van der Waals surface area (Å²) >= 11 is 0. The number of hydrogen-bond donors (Lipinski definition) is 1. The molecular weight excluding hydrogens is 352 g/mol. The molecule has 2 N–H and O–H groups in total. The van der Waals surface area contributed by atoms with Gasteiger partial charge in [0.25, 0.3) is 0 Å². The Morgan fingerprint density at radius 3 is 2.54 bits per heavy atom. The summed E-state index contributed by atoms with van der Waals surface area (Å²) in [5.74, 6) is -0.790. The summed E-state index contributed by atoms with van der Waals surface area (Å²) in [6.45, 7) is 1.29. The van der Waals surface area contributed by atoms with Crippen molar-refractivity contribution in [1.82, 2.24) is 4.31 Å². The average molecular weight is 381 g/mol. The van der Waals surface area contributed by atoms with E-state index in [2.05, 4.69) is 0 Å². The van der Waals surface area contributed by atoms with Crippen molar-refractivity contribution in [3.05, 3.63) is 35.9 Å². The van der Waals surface area contributed by atoms with Crippen LogP contribution in [0.2, 0.25) is 0 Å². The van der Waals surface area contributed by atoms with E-state index in [1.54, 1.807) is 4.31 Å². The first-order valence-electron chi connectivity index (χ1n) is 9.30. The van der Waals surface area contributed by atoms with Gasteiger partial charge in [0.2, 0.25) is 10.0 Å². The molecule has 1 saturated heterocycles. The summed E-state index contributed by atoms with van der Waals surface area (Å²) < 4.78 is 33.1. The van der Waals surface area contributed by atoms with Crippen LogP contribution >= 0.6 is 0 Å². The molecule has 0 bridgehead atoms. The number of nitrogens with two attached hydrogens (primary N) is 1. The van der Waals surface area contributed by atoms with Crippen LogP contribution in [0.4, 0.5) is 0 Å². The van der Waals surface area contributed by atoms with Gasteiger partial charge in [0.15, 0.2) is 0 Å². The molecule has 1 heterocycles. The van der Waals surface area contributed by atoms with Crippen LogP contribution in [0.25, 0.3) is 0 Å². The number of benzene rings is 1. The van der Waals surface area contributed by atoms with Gasteiger partial charge in [-0.15, -0.1) is 0 Å². The molecule has 26 heavy (non-hydrogen) atoms. The molecule has 0 amide bonds. The second-order valence-corrected chi connectivity index (χ2v) is 9.48. The fourth-order valence-electron chi connectivity index (χ4n) is 4.42. The molecule has 1 aromatic carbocycles. The molecule has 144 valence electrons. The lowest BCUT2D eigenvalue weighted by Crippen LogP contribution is -2.45. The summed E-state index contributed by atoms with van der Waals surface area (Å²) in [6.07, 6.45) is 2.78. The standard InChI is InChI=1S/C19H28N2O4S/c1-25-19(22)16-9-5-6-10-18(16)26(23,24)21-12-15(11-20)17(13-21)14-7-3-2-4-8-14/h2-4,7-8,15-18H,5-6,9-13,20H2,1H3/t15-,16?,17+,18?/m1/s1. The highest BCUT2D eigenvalue weighted by Crippen LogP contribution is 2.38. The van der Waals surface area contributed by atoms with Crippen molar-refractivity contribution in [1.29, 1.82) is 0 Å². The van der Waals surface area contributed by atoms with Gasteiger partial charge < -0.3 is 10.5 Å². The van der Waals surface area contributed by atoms with Crippen molar-refractivity contribution in [3.8, 4) is 0 Å². The third kappa shape index (κ3) is 3.66. The maximum absolute atomic E-state index is 13.3. The number of esters is 1. The molecule has 7 heteroatoms. The van der Waals surface area contributed by atoms with Gasteiger partial charge in [-0.1, -0.05) is 43.2 Å². The normalized spacial score (nSPS) is 30.2. The van der Waals surface area contributed by atoms with Gasteiger partial charge in [-0.25, -0.2) is 12.7 Å². The van der Waals surface area contributed by atoms with Crippen molar-refractivity contribution >= 4 is 16.0 Å². The van der Waals surface area contributed by atoms with E-state index in [-0.39, 0.29) is 11.8 Å². The average Bonchev–Trinajstić information content (AvgIpc) is 3.13. The number of carbonyl (C=O) groups excluding carboxylic acids is 1. The Hall–Kier alpha value is -1.44. The highest BCUT2D eigenvalue weighted by atomic mass is 32.2. The molecule has 6 nitrogen and oxygen atoms in total. The van der Waals surface area contributed by atoms with E-state index in [0.29, 0.717) is 32.5 Å². The third-order valence-electron chi connectivity index (χ3n) is 5.89. The number of carbonyl (C=O) groups is 1. The summed E-state index contributed by atoms with van der Waals surface area (Å²) in [7, 11) is -2.25. The number of ether oxygens (including phenoxy) is 1. The lowest BCUT2D eigenvalue weighted by molar-refractivity contribution is -0.146. The smallest absolute Gasteiger partial charge is 0.310 e. The van der Waals surface area contributed by atoms with Gasteiger partial charge in [-0.3, -0.25) is 4.79 Å². The van der Waals surface area contributed by atoms with Crippen LogP contribution in [-0.4, -0.2) is 50.7 Å². The lowest BCUT2D eigenvalue weighted by atomic mass is 9.89. The van der Waals surface area contributed by atoms with Crippen LogP contribution in [0.3, 0.4) is 0 Å². The lowest BCUT2D eigenvalue weighted by Gasteiger charge is -2.32. The minimum absolute atomic E-state index is 0.0901. The van der Waals surface area contributed by atoms with Crippen LogP contribution in [0.1, 0.15) is 37.2 Å². The third-order valence-corrected chi connectivity index (χ3v) is 8.23. The molecular formula is C19H28N2O4S. The fraction of sp³-hybridized carbons (Fsp3) is 0.632. The Bertz CT molecular complexity index is 722. The molecule has 2 unspecified atom stereocenters. The number of rotatable bonds is 5. The monoisotopic (exact) mass is 380 g/mol. The Labute approximate surface area is 155 Å². The predicted octanol–water partition coefficient (Wildman–Crippen LogP) is 1.72. The first-order valence-corrected chi connectivity index (χ1v) is 10.8. The zero-order valence-electron chi connectivity index (χ0n) is 15.2. The maximum atomic E-state index is 13.3. The largest absolute Gasteiger partial charge is 0.469 e. The van der Waals surface area contributed by atoms with Crippen molar-refractivity contribution in [2.24, 2.45) is 17.6 Å². The summed E-state index contributed by atoms with van der Waals surface area (Å²) in [5.41, 5.74) is 7.07. The highest BCUT2D eigenvalue weighted by molar-refractivity contribution is 7.89. The Balaban J connectivity index is 1.84. The topological polar surface area (TPSA) is 89.7 Å². The van der Waals surface area contributed by atoms with Crippen LogP contribution in [0.15, 0.2) is 30.3 Å². The van der Waals surface area contributed by atoms with E-state index in [4.69, 9.17) is 10.5 Å². The van der Waals surface area contributed by atoms with E-state index in [1.165, 1.54) is 7.11 Å². The maximum Gasteiger partial charge on any atom is 0.310 e. The minimum Gasteiger partial charge on any atom is -0.469 e. The summed E-state index contributed by atoms with van der Waals surface area (Å²) in [4.78, 5) is 12.1. The molecule has 2 fully saturated rings. The van der Waals surface area contributed by atoms with Gasteiger partial charge in [0.1, 0.15) is 0 Å². The molecule has 4 atom stereocenters. The fourth-order valence-corrected chi connectivity index (χ4v) is 6.70. The minimum atomic E-state index is -3.57. The van der Waals surface area contributed by atoms with Gasteiger partial charge in [0, 0.05) is 19.0 Å².